The van der Waals surface area contributed by atoms with Crippen LogP contribution in [0.1, 0.15) is 0 Å². The van der Waals surface area contributed by atoms with Gasteiger partial charge in [-0.2, -0.15) is 0 Å². The van der Waals surface area contributed by atoms with Gasteiger partial charge in [-0.1, -0.05) is 0 Å². The van der Waals surface area contributed by atoms with Gasteiger partial charge in [0.15, 0.2) is 0 Å². The van der Waals surface area contributed by atoms with E-state index in [0.29, 0.717) is 6.07 Å². The quantitative estimate of drug-likeness (QED) is 0.535. The molecule has 72 valence electrons. The molecule has 0 bridgehead atoms. The molecule has 0 heterocycles. The molecule has 1 rings (SSSR count). The van der Waals surface area contributed by atoms with Crippen molar-refractivity contribution in [1.29, 1.82) is 0 Å². The molecular weight excluding hydrogens is 202 g/mol. The van der Waals surface area contributed by atoms with Gasteiger partial charge in [0.05, 0.1) is 0 Å². The van der Waals surface area contributed by atoms with E-state index in [9.17, 15) is 17.2 Å². The van der Waals surface area contributed by atoms with Crippen molar-refractivity contribution < 1.29 is 17.2 Å². The molecule has 0 saturated carbocycles. The van der Waals surface area contributed by atoms with Crippen molar-refractivity contribution in [2.45, 2.75) is 4.90 Å². The van der Waals surface area contributed by atoms with Crippen molar-refractivity contribution in [1.82, 2.24) is 4.83 Å². The van der Waals surface area contributed by atoms with Gasteiger partial charge in [-0.3, -0.25) is 5.84 Å². The van der Waals surface area contributed by atoms with E-state index >= 15 is 0 Å². The average Bonchev–Trinajstić information content (AvgIpc) is 2.03. The fraction of sp³-hybridized carbons (Fsp3) is 0. The molecule has 7 heteroatoms. The second kappa shape index (κ2) is 3.36. The Labute approximate surface area is 73.4 Å². The van der Waals surface area contributed by atoms with Crippen LogP contribution < -0.4 is 10.7 Å². The lowest BCUT2D eigenvalue weighted by atomic mass is 10.3. The summed E-state index contributed by atoms with van der Waals surface area (Å²) >= 11 is 0. The summed E-state index contributed by atoms with van der Waals surface area (Å²) in [6.07, 6.45) is 0. The first-order valence-electron chi connectivity index (χ1n) is 3.15. The van der Waals surface area contributed by atoms with E-state index in [1.165, 1.54) is 4.83 Å². The molecule has 0 unspecified atom stereocenters. The molecular formula is C6H6F2N2O2S. The van der Waals surface area contributed by atoms with Gasteiger partial charge in [0.2, 0.25) is 0 Å². The van der Waals surface area contributed by atoms with E-state index < -0.39 is 26.6 Å². The van der Waals surface area contributed by atoms with Crippen LogP contribution in [-0.4, -0.2) is 8.42 Å². The van der Waals surface area contributed by atoms with Gasteiger partial charge in [0.1, 0.15) is 16.5 Å². The number of nitrogens with one attached hydrogen (secondary N) is 1. The van der Waals surface area contributed by atoms with Gasteiger partial charge < -0.3 is 0 Å². The number of hydrogen-bond acceptors (Lipinski definition) is 3. The van der Waals surface area contributed by atoms with Crippen LogP contribution in [0.25, 0.3) is 0 Å². The van der Waals surface area contributed by atoms with Crippen molar-refractivity contribution in [3.63, 3.8) is 0 Å². The highest BCUT2D eigenvalue weighted by atomic mass is 32.2. The highest BCUT2D eigenvalue weighted by molar-refractivity contribution is 7.89. The van der Waals surface area contributed by atoms with Crippen LogP contribution in [0.15, 0.2) is 23.1 Å². The Kier molecular flexibility index (Phi) is 2.60. The molecule has 1 aromatic rings. The predicted molar refractivity (Wildman–Crippen MR) is 40.9 cm³/mol. The lowest BCUT2D eigenvalue weighted by Crippen LogP contribution is -2.30. The third kappa shape index (κ3) is 2.00. The molecule has 0 atom stereocenters. The molecule has 0 saturated heterocycles. The summed E-state index contributed by atoms with van der Waals surface area (Å²) in [5.41, 5.74) is 0. The highest BCUT2D eigenvalue weighted by Gasteiger charge is 2.17. The third-order valence-electron chi connectivity index (χ3n) is 1.34. The Hall–Kier alpha value is -1.05. The number of halogens is 2. The summed E-state index contributed by atoms with van der Waals surface area (Å²) in [4.78, 5) is 0.744. The fourth-order valence-electron chi connectivity index (χ4n) is 0.757. The van der Waals surface area contributed by atoms with E-state index in [2.05, 4.69) is 5.84 Å². The zero-order chi connectivity index (χ0) is 10.1. The number of nitrogens with two attached hydrogens (primary N) is 1. The molecule has 0 aliphatic carbocycles. The SMILES string of the molecule is NNS(=O)(=O)c1ccc(F)cc1F. The predicted octanol–water partition coefficient (Wildman–Crippen LogP) is 0.117. The second-order valence-electron chi connectivity index (χ2n) is 2.20. The zero-order valence-electron chi connectivity index (χ0n) is 6.29. The maximum Gasteiger partial charge on any atom is 0.255 e. The maximum atomic E-state index is 12.8. The average molecular weight is 208 g/mol. The largest absolute Gasteiger partial charge is 0.257 e. The van der Waals surface area contributed by atoms with Crippen LogP contribution in [0.3, 0.4) is 0 Å². The monoisotopic (exact) mass is 208 g/mol. The Morgan fingerprint density at radius 3 is 2.38 bits per heavy atom. The van der Waals surface area contributed by atoms with Crippen LogP contribution in [0, 0.1) is 11.6 Å². The van der Waals surface area contributed by atoms with Crippen LogP contribution in [0.2, 0.25) is 0 Å². The van der Waals surface area contributed by atoms with E-state index in [1.54, 1.807) is 0 Å². The standard InChI is InChI=1S/C6H6F2N2O2S/c7-4-1-2-6(5(8)3-4)13(11,12)10-9/h1-3,10H,9H2. The summed E-state index contributed by atoms with van der Waals surface area (Å²) in [5, 5.41) is 0. The molecule has 3 N–H and O–H groups in total. The van der Waals surface area contributed by atoms with Crippen LogP contribution in [-0.2, 0) is 10.0 Å². The first-order valence-corrected chi connectivity index (χ1v) is 4.63. The van der Waals surface area contributed by atoms with Crippen LogP contribution in [0.4, 0.5) is 8.78 Å². The van der Waals surface area contributed by atoms with Gasteiger partial charge in [-0.05, 0) is 12.1 Å². The van der Waals surface area contributed by atoms with Crippen molar-refractivity contribution in [3.8, 4) is 0 Å². The minimum absolute atomic E-state index is 0.463. The van der Waals surface area contributed by atoms with Crippen molar-refractivity contribution >= 4 is 10.0 Å². The summed E-state index contributed by atoms with van der Waals surface area (Å²) in [6.45, 7) is 0. The normalized spacial score (nSPS) is 11.6. The minimum atomic E-state index is -4.06. The molecule has 1 aromatic carbocycles. The summed E-state index contributed by atoms with van der Waals surface area (Å²) < 4.78 is 47.0. The molecule has 0 aliphatic rings. The van der Waals surface area contributed by atoms with E-state index in [1.807, 2.05) is 0 Å². The Balaban J connectivity index is 3.33. The molecule has 0 radical (unpaired) electrons. The lowest BCUT2D eigenvalue weighted by Gasteiger charge is -2.02. The molecule has 0 spiro atoms. The topological polar surface area (TPSA) is 72.2 Å². The highest BCUT2D eigenvalue weighted by Crippen LogP contribution is 2.14. The third-order valence-corrected chi connectivity index (χ3v) is 2.56. The molecule has 0 aromatic heterocycles. The molecule has 0 amide bonds. The van der Waals surface area contributed by atoms with E-state index in [-0.39, 0.29) is 0 Å². The molecule has 0 aliphatic heterocycles. The Bertz CT molecular complexity index is 419. The van der Waals surface area contributed by atoms with Gasteiger partial charge in [-0.25, -0.2) is 17.2 Å². The number of sulfonamides is 1. The Morgan fingerprint density at radius 2 is 1.92 bits per heavy atom. The smallest absolute Gasteiger partial charge is 0.255 e. The number of rotatable bonds is 2. The lowest BCUT2D eigenvalue weighted by molar-refractivity contribution is 0.544. The number of benzene rings is 1. The van der Waals surface area contributed by atoms with Crippen LogP contribution in [0.5, 0.6) is 0 Å². The molecule has 13 heavy (non-hydrogen) atoms. The zero-order valence-corrected chi connectivity index (χ0v) is 7.11. The number of hydrazine groups is 1. The van der Waals surface area contributed by atoms with Crippen molar-refractivity contribution in [3.05, 3.63) is 29.8 Å². The summed E-state index contributed by atoms with van der Waals surface area (Å²) in [5.74, 6) is 2.61. The van der Waals surface area contributed by atoms with Crippen molar-refractivity contribution in [2.75, 3.05) is 0 Å². The van der Waals surface area contributed by atoms with E-state index in [4.69, 9.17) is 0 Å². The van der Waals surface area contributed by atoms with Gasteiger partial charge in [0.25, 0.3) is 10.0 Å². The molecule has 4 nitrogen and oxygen atoms in total. The first-order chi connectivity index (χ1) is 5.97. The Morgan fingerprint density at radius 1 is 1.31 bits per heavy atom. The van der Waals surface area contributed by atoms with Gasteiger partial charge in [-0.15, -0.1) is 4.83 Å². The van der Waals surface area contributed by atoms with Gasteiger partial charge >= 0.3 is 0 Å². The van der Waals surface area contributed by atoms with E-state index in [0.717, 1.165) is 12.1 Å². The van der Waals surface area contributed by atoms with Gasteiger partial charge in [0, 0.05) is 6.07 Å². The van der Waals surface area contributed by atoms with Crippen LogP contribution >= 0.6 is 0 Å². The number of hydrogen-bond donors (Lipinski definition) is 2. The maximum absolute atomic E-state index is 12.8. The molecule has 0 fully saturated rings. The first kappa shape index (κ1) is 10.0. The summed E-state index contributed by atoms with van der Waals surface area (Å²) in [7, 11) is -4.06. The fourth-order valence-corrected chi connectivity index (χ4v) is 1.45. The summed E-state index contributed by atoms with van der Waals surface area (Å²) in [6, 6.07) is 2.08. The van der Waals surface area contributed by atoms with Crippen molar-refractivity contribution in [2.24, 2.45) is 5.84 Å². The second-order valence-corrected chi connectivity index (χ2v) is 3.88. The minimum Gasteiger partial charge on any atom is -0.257 e.